The largest absolute Gasteiger partial charge is 0.396 e. The third-order valence-corrected chi connectivity index (χ3v) is 2.88. The molecule has 1 amide bonds. The van der Waals surface area contributed by atoms with Gasteiger partial charge in [0, 0.05) is 10.2 Å². The molecule has 0 aromatic heterocycles. The molecule has 1 aromatic carbocycles. The van der Waals surface area contributed by atoms with Crippen molar-refractivity contribution in [2.75, 3.05) is 11.9 Å². The normalized spacial score (nSPS) is 20.1. The molecule has 14 heavy (non-hydrogen) atoms. The van der Waals surface area contributed by atoms with Gasteiger partial charge in [0.25, 0.3) is 0 Å². The molecule has 3 nitrogen and oxygen atoms in total. The second-order valence-electron chi connectivity index (χ2n) is 3.37. The quantitative estimate of drug-likeness (QED) is 0.800. The summed E-state index contributed by atoms with van der Waals surface area (Å²) in [6.45, 7) is -0.0994. The van der Waals surface area contributed by atoms with Gasteiger partial charge in [-0.3, -0.25) is 4.79 Å². The number of halogens is 1. The fraction of sp³-hybridized carbons (Fsp3) is 0.300. The molecule has 1 aliphatic rings. The van der Waals surface area contributed by atoms with Crippen molar-refractivity contribution < 1.29 is 9.90 Å². The van der Waals surface area contributed by atoms with Crippen molar-refractivity contribution in [1.82, 2.24) is 0 Å². The van der Waals surface area contributed by atoms with E-state index in [1.54, 1.807) is 0 Å². The molecule has 1 heterocycles. The number of fused-ring (bicyclic) bond motifs is 1. The van der Waals surface area contributed by atoms with E-state index in [4.69, 9.17) is 5.11 Å². The van der Waals surface area contributed by atoms with Crippen LogP contribution in [0.25, 0.3) is 0 Å². The first kappa shape index (κ1) is 9.68. The van der Waals surface area contributed by atoms with Gasteiger partial charge >= 0.3 is 0 Å². The molecule has 1 aromatic rings. The van der Waals surface area contributed by atoms with E-state index < -0.39 is 0 Å². The average molecular weight is 256 g/mol. The summed E-state index contributed by atoms with van der Waals surface area (Å²) in [5.41, 5.74) is 1.92. The minimum Gasteiger partial charge on any atom is -0.396 e. The van der Waals surface area contributed by atoms with Crippen LogP contribution in [0.15, 0.2) is 22.7 Å². The average Bonchev–Trinajstić information content (AvgIpc) is 2.17. The van der Waals surface area contributed by atoms with Crippen molar-refractivity contribution in [2.24, 2.45) is 5.92 Å². The Labute approximate surface area is 90.3 Å². The highest BCUT2D eigenvalue weighted by Gasteiger charge is 2.25. The van der Waals surface area contributed by atoms with Crippen LogP contribution in [0.1, 0.15) is 5.56 Å². The molecular weight excluding hydrogens is 246 g/mol. The SMILES string of the molecule is O=C1Nc2ccc(Br)cc2CC1CO. The Morgan fingerprint density at radius 3 is 3.07 bits per heavy atom. The Hall–Kier alpha value is -0.870. The van der Waals surface area contributed by atoms with Gasteiger partial charge in [0.15, 0.2) is 0 Å². The van der Waals surface area contributed by atoms with Crippen LogP contribution in [-0.4, -0.2) is 17.6 Å². The maximum atomic E-state index is 11.4. The fourth-order valence-electron chi connectivity index (χ4n) is 1.59. The monoisotopic (exact) mass is 255 g/mol. The Kier molecular flexibility index (Phi) is 2.56. The first-order valence-corrected chi connectivity index (χ1v) is 5.20. The molecule has 0 radical (unpaired) electrons. The molecule has 2 rings (SSSR count). The Balaban J connectivity index is 2.36. The predicted octanol–water partition coefficient (Wildman–Crippen LogP) is 1.55. The van der Waals surface area contributed by atoms with Crippen LogP contribution in [0.4, 0.5) is 5.69 Å². The van der Waals surface area contributed by atoms with Crippen molar-refractivity contribution in [3.8, 4) is 0 Å². The van der Waals surface area contributed by atoms with Crippen LogP contribution in [0.2, 0.25) is 0 Å². The third-order valence-electron chi connectivity index (χ3n) is 2.38. The Morgan fingerprint density at radius 1 is 1.57 bits per heavy atom. The molecule has 74 valence electrons. The maximum Gasteiger partial charge on any atom is 0.230 e. The van der Waals surface area contributed by atoms with E-state index >= 15 is 0 Å². The van der Waals surface area contributed by atoms with Crippen molar-refractivity contribution in [3.05, 3.63) is 28.2 Å². The highest BCUT2D eigenvalue weighted by Crippen LogP contribution is 2.27. The van der Waals surface area contributed by atoms with Crippen molar-refractivity contribution in [2.45, 2.75) is 6.42 Å². The zero-order valence-corrected chi connectivity index (χ0v) is 9.04. The zero-order chi connectivity index (χ0) is 10.1. The van der Waals surface area contributed by atoms with E-state index in [0.29, 0.717) is 6.42 Å². The summed E-state index contributed by atoms with van der Waals surface area (Å²) in [5.74, 6) is -0.404. The second-order valence-corrected chi connectivity index (χ2v) is 4.29. The number of anilines is 1. The molecule has 0 saturated heterocycles. The number of benzene rings is 1. The summed E-state index contributed by atoms with van der Waals surface area (Å²) < 4.78 is 0.990. The first-order valence-electron chi connectivity index (χ1n) is 4.41. The minimum absolute atomic E-state index is 0.0951. The lowest BCUT2D eigenvalue weighted by Crippen LogP contribution is -2.32. The number of amides is 1. The van der Waals surface area contributed by atoms with Crippen molar-refractivity contribution >= 4 is 27.5 Å². The van der Waals surface area contributed by atoms with Gasteiger partial charge in [-0.05, 0) is 30.2 Å². The zero-order valence-electron chi connectivity index (χ0n) is 7.46. The number of aliphatic hydroxyl groups excluding tert-OH is 1. The number of hydrogen-bond donors (Lipinski definition) is 2. The summed E-state index contributed by atoms with van der Waals surface area (Å²) in [4.78, 5) is 11.4. The van der Waals surface area contributed by atoms with E-state index in [1.807, 2.05) is 18.2 Å². The Bertz CT molecular complexity index is 378. The van der Waals surface area contributed by atoms with E-state index in [9.17, 15) is 4.79 Å². The van der Waals surface area contributed by atoms with E-state index in [1.165, 1.54) is 0 Å². The van der Waals surface area contributed by atoms with Crippen LogP contribution >= 0.6 is 15.9 Å². The molecule has 1 unspecified atom stereocenters. The summed E-state index contributed by atoms with van der Waals surface area (Å²) >= 11 is 3.37. The van der Waals surface area contributed by atoms with Gasteiger partial charge in [0.1, 0.15) is 0 Å². The fourth-order valence-corrected chi connectivity index (χ4v) is 2.00. The van der Waals surface area contributed by atoms with Crippen molar-refractivity contribution in [3.63, 3.8) is 0 Å². The smallest absolute Gasteiger partial charge is 0.230 e. The molecule has 0 spiro atoms. The Morgan fingerprint density at radius 2 is 2.36 bits per heavy atom. The van der Waals surface area contributed by atoms with Crippen molar-refractivity contribution in [1.29, 1.82) is 0 Å². The molecular formula is C10H10BrNO2. The number of aliphatic hydroxyl groups is 1. The van der Waals surface area contributed by atoms with Gasteiger partial charge in [-0.15, -0.1) is 0 Å². The number of rotatable bonds is 1. The summed E-state index contributed by atoms with van der Waals surface area (Å²) in [6, 6.07) is 5.72. The van der Waals surface area contributed by atoms with E-state index in [2.05, 4.69) is 21.2 Å². The van der Waals surface area contributed by atoms with E-state index in [0.717, 1.165) is 15.7 Å². The highest BCUT2D eigenvalue weighted by molar-refractivity contribution is 9.10. The standard InChI is InChI=1S/C10H10BrNO2/c11-8-1-2-9-6(4-8)3-7(5-13)10(14)12-9/h1-2,4,7,13H,3,5H2,(H,12,14). The van der Waals surface area contributed by atoms with Crippen LogP contribution in [0.5, 0.6) is 0 Å². The maximum absolute atomic E-state index is 11.4. The van der Waals surface area contributed by atoms with Crippen LogP contribution in [0, 0.1) is 5.92 Å². The van der Waals surface area contributed by atoms with Gasteiger partial charge in [0.2, 0.25) is 5.91 Å². The molecule has 0 saturated carbocycles. The van der Waals surface area contributed by atoms with Crippen LogP contribution in [-0.2, 0) is 11.2 Å². The summed E-state index contributed by atoms with van der Waals surface area (Å²) in [6.07, 6.45) is 0.608. The molecule has 0 bridgehead atoms. The van der Waals surface area contributed by atoms with Gasteiger partial charge < -0.3 is 10.4 Å². The highest BCUT2D eigenvalue weighted by atomic mass is 79.9. The lowest BCUT2D eigenvalue weighted by Gasteiger charge is -2.23. The third kappa shape index (κ3) is 1.67. The summed E-state index contributed by atoms with van der Waals surface area (Å²) in [7, 11) is 0. The molecule has 0 fully saturated rings. The topological polar surface area (TPSA) is 49.3 Å². The van der Waals surface area contributed by atoms with Gasteiger partial charge in [-0.25, -0.2) is 0 Å². The van der Waals surface area contributed by atoms with Gasteiger partial charge in [-0.2, -0.15) is 0 Å². The van der Waals surface area contributed by atoms with E-state index in [-0.39, 0.29) is 18.4 Å². The first-order chi connectivity index (χ1) is 6.70. The van der Waals surface area contributed by atoms with Crippen LogP contribution in [0.3, 0.4) is 0 Å². The lowest BCUT2D eigenvalue weighted by atomic mass is 9.94. The predicted molar refractivity (Wildman–Crippen MR) is 57.1 cm³/mol. The minimum atomic E-state index is -0.309. The van der Waals surface area contributed by atoms with Crippen LogP contribution < -0.4 is 5.32 Å². The molecule has 0 aliphatic carbocycles. The number of nitrogens with one attached hydrogen (secondary N) is 1. The molecule has 1 aliphatic heterocycles. The molecule has 2 N–H and O–H groups in total. The number of carbonyl (C=O) groups excluding carboxylic acids is 1. The second kappa shape index (κ2) is 3.71. The number of hydrogen-bond acceptors (Lipinski definition) is 2. The summed E-state index contributed by atoms with van der Waals surface area (Å²) in [5, 5.41) is 11.8. The van der Waals surface area contributed by atoms with Gasteiger partial charge in [0.05, 0.1) is 12.5 Å². The molecule has 1 atom stereocenters. The number of carbonyl (C=O) groups is 1. The van der Waals surface area contributed by atoms with Gasteiger partial charge in [-0.1, -0.05) is 15.9 Å². The lowest BCUT2D eigenvalue weighted by molar-refractivity contribution is -0.121. The molecule has 4 heteroatoms.